The molecule has 1 aromatic heterocycles. The summed E-state index contributed by atoms with van der Waals surface area (Å²) in [5, 5.41) is 11.8. The molecule has 2 rings (SSSR count). The van der Waals surface area contributed by atoms with Crippen LogP contribution in [0.2, 0.25) is 0 Å². The summed E-state index contributed by atoms with van der Waals surface area (Å²) in [6.07, 6.45) is 7.08. The van der Waals surface area contributed by atoms with Crippen LogP contribution < -0.4 is 15.6 Å². The second kappa shape index (κ2) is 7.95. The van der Waals surface area contributed by atoms with Gasteiger partial charge in [0.15, 0.2) is 0 Å². The molecule has 2 aromatic rings. The fourth-order valence-electron chi connectivity index (χ4n) is 2.17. The molecule has 5 nitrogen and oxygen atoms in total. The van der Waals surface area contributed by atoms with E-state index < -0.39 is 0 Å². The molecule has 0 radical (unpaired) electrons. The summed E-state index contributed by atoms with van der Waals surface area (Å²) >= 11 is 0. The molecule has 0 aliphatic heterocycles. The molecule has 0 aliphatic carbocycles. The number of unbranched alkanes of at least 4 members (excludes halogenated alkanes) is 1. The first kappa shape index (κ1) is 16.5. The van der Waals surface area contributed by atoms with Gasteiger partial charge in [-0.25, -0.2) is 4.57 Å². The van der Waals surface area contributed by atoms with Gasteiger partial charge in [-0.15, -0.1) is 0 Å². The molecule has 1 N–H and O–H groups in total. The summed E-state index contributed by atoms with van der Waals surface area (Å²) in [7, 11) is 3.49. The van der Waals surface area contributed by atoms with Crippen molar-refractivity contribution in [3.8, 4) is 6.07 Å². The van der Waals surface area contributed by atoms with E-state index in [-0.39, 0.29) is 5.69 Å². The van der Waals surface area contributed by atoms with Crippen LogP contribution in [0.3, 0.4) is 0 Å². The van der Waals surface area contributed by atoms with E-state index in [1.165, 1.54) is 0 Å². The van der Waals surface area contributed by atoms with Gasteiger partial charge < -0.3 is 5.32 Å². The summed E-state index contributed by atoms with van der Waals surface area (Å²) in [5.74, 6) is 0. The summed E-state index contributed by atoms with van der Waals surface area (Å²) in [4.78, 5) is 11.9. The zero-order valence-corrected chi connectivity index (χ0v) is 13.5. The Morgan fingerprint density at radius 2 is 2.00 bits per heavy atom. The summed E-state index contributed by atoms with van der Waals surface area (Å²) in [5.41, 5.74) is 2.91. The van der Waals surface area contributed by atoms with Crippen molar-refractivity contribution >= 4 is 17.8 Å². The first-order valence-electron chi connectivity index (χ1n) is 7.56. The molecule has 5 heteroatoms. The molecule has 0 spiro atoms. The van der Waals surface area contributed by atoms with E-state index in [1.54, 1.807) is 29.4 Å². The molecule has 1 heterocycles. The molecule has 118 valence electrons. The van der Waals surface area contributed by atoms with Gasteiger partial charge in [0.05, 0.1) is 26.4 Å². The van der Waals surface area contributed by atoms with Crippen LogP contribution in [0.25, 0.3) is 12.2 Å². The van der Waals surface area contributed by atoms with Gasteiger partial charge >= 0.3 is 5.69 Å². The minimum absolute atomic E-state index is 0.0518. The zero-order valence-electron chi connectivity index (χ0n) is 13.5. The Morgan fingerprint density at radius 3 is 2.70 bits per heavy atom. The Balaban J connectivity index is 2.02. The van der Waals surface area contributed by atoms with Crippen molar-refractivity contribution in [1.82, 2.24) is 4.57 Å². The number of nitrogens with zero attached hydrogens (tertiary/aromatic N) is 3. The molecule has 0 atom stereocenters. The number of aromatic nitrogens is 2. The number of anilines is 1. The van der Waals surface area contributed by atoms with Gasteiger partial charge in [0.1, 0.15) is 5.69 Å². The second-order valence-corrected chi connectivity index (χ2v) is 5.34. The predicted molar refractivity (Wildman–Crippen MR) is 91.6 cm³/mol. The lowest BCUT2D eigenvalue weighted by molar-refractivity contribution is -0.690. The fourth-order valence-corrected chi connectivity index (χ4v) is 2.17. The summed E-state index contributed by atoms with van der Waals surface area (Å²) < 4.78 is 3.16. The van der Waals surface area contributed by atoms with Crippen molar-refractivity contribution < 1.29 is 4.57 Å². The molecule has 0 aliphatic rings. The molecule has 0 saturated carbocycles. The van der Waals surface area contributed by atoms with Crippen molar-refractivity contribution in [3.63, 3.8) is 0 Å². The number of aryl methyl sites for hydroxylation is 1. The van der Waals surface area contributed by atoms with Gasteiger partial charge in [-0.3, -0.25) is 0 Å². The van der Waals surface area contributed by atoms with Crippen molar-refractivity contribution in [2.24, 2.45) is 14.1 Å². The van der Waals surface area contributed by atoms with Gasteiger partial charge in [-0.05, 0) is 30.2 Å². The van der Waals surface area contributed by atoms with E-state index in [1.807, 2.05) is 42.5 Å². The third-order valence-electron chi connectivity index (χ3n) is 3.60. The minimum atomic E-state index is -0.0518. The predicted octanol–water partition coefficient (Wildman–Crippen LogP) is 2.10. The van der Waals surface area contributed by atoms with Crippen LogP contribution in [-0.4, -0.2) is 11.1 Å². The molecule has 23 heavy (non-hydrogen) atoms. The topological polar surface area (TPSA) is 61.7 Å². The molecular formula is C18H21N4O+. The highest BCUT2D eigenvalue weighted by atomic mass is 16.1. The molecule has 0 unspecified atom stereocenters. The van der Waals surface area contributed by atoms with Crippen LogP contribution >= 0.6 is 0 Å². The number of rotatable bonds is 6. The SMILES string of the molecule is Cn1c(C=Cc2ccc(NCCCC#N)cc2)cc[n+](C)c1=O. The minimum Gasteiger partial charge on any atom is -0.385 e. The van der Waals surface area contributed by atoms with Gasteiger partial charge in [0.25, 0.3) is 0 Å². The lowest BCUT2D eigenvalue weighted by Crippen LogP contribution is -2.50. The molecule has 0 fully saturated rings. The number of nitriles is 1. The van der Waals surface area contributed by atoms with E-state index in [0.29, 0.717) is 6.42 Å². The van der Waals surface area contributed by atoms with Crippen molar-refractivity contribution in [1.29, 1.82) is 5.26 Å². The van der Waals surface area contributed by atoms with E-state index in [9.17, 15) is 4.79 Å². The first-order chi connectivity index (χ1) is 11.1. The van der Waals surface area contributed by atoms with Crippen LogP contribution in [0.5, 0.6) is 0 Å². The Bertz CT molecular complexity index is 782. The van der Waals surface area contributed by atoms with E-state index in [2.05, 4.69) is 11.4 Å². The second-order valence-electron chi connectivity index (χ2n) is 5.34. The summed E-state index contributed by atoms with van der Waals surface area (Å²) in [6, 6.07) is 12.1. The maximum atomic E-state index is 11.9. The van der Waals surface area contributed by atoms with E-state index in [4.69, 9.17) is 5.26 Å². The van der Waals surface area contributed by atoms with E-state index in [0.717, 1.165) is 29.9 Å². The molecule has 1 aromatic carbocycles. The van der Waals surface area contributed by atoms with Gasteiger partial charge in [0, 0.05) is 24.7 Å². The molecule has 0 bridgehead atoms. The Kier molecular flexibility index (Phi) is 5.70. The van der Waals surface area contributed by atoms with Gasteiger partial charge in [-0.1, -0.05) is 18.2 Å². The van der Waals surface area contributed by atoms with Gasteiger partial charge in [0.2, 0.25) is 0 Å². The highest BCUT2D eigenvalue weighted by Crippen LogP contribution is 2.12. The number of hydrogen-bond donors (Lipinski definition) is 1. The monoisotopic (exact) mass is 309 g/mol. The maximum absolute atomic E-state index is 11.9. The molecule has 0 saturated heterocycles. The number of nitrogens with one attached hydrogen (secondary N) is 1. The van der Waals surface area contributed by atoms with Crippen molar-refractivity contribution in [2.75, 3.05) is 11.9 Å². The van der Waals surface area contributed by atoms with Crippen LogP contribution in [0, 0.1) is 11.3 Å². The smallest absolute Gasteiger partial charge is 0.385 e. The Hall–Kier alpha value is -2.87. The fraction of sp³-hybridized carbons (Fsp3) is 0.278. The third kappa shape index (κ3) is 4.55. The molecule has 0 amide bonds. The first-order valence-corrected chi connectivity index (χ1v) is 7.56. The Morgan fingerprint density at radius 1 is 1.26 bits per heavy atom. The quantitative estimate of drug-likeness (QED) is 0.656. The van der Waals surface area contributed by atoms with Crippen LogP contribution in [0.4, 0.5) is 5.69 Å². The average molecular weight is 309 g/mol. The zero-order chi connectivity index (χ0) is 16.7. The van der Waals surface area contributed by atoms with E-state index >= 15 is 0 Å². The van der Waals surface area contributed by atoms with Crippen LogP contribution in [0.15, 0.2) is 41.3 Å². The largest absolute Gasteiger partial charge is 0.497 e. The van der Waals surface area contributed by atoms with Gasteiger partial charge in [-0.2, -0.15) is 14.6 Å². The molecular weight excluding hydrogens is 288 g/mol. The van der Waals surface area contributed by atoms with Crippen LogP contribution in [-0.2, 0) is 14.1 Å². The van der Waals surface area contributed by atoms with Crippen molar-refractivity contribution in [2.45, 2.75) is 12.8 Å². The highest BCUT2D eigenvalue weighted by molar-refractivity contribution is 5.68. The third-order valence-corrected chi connectivity index (χ3v) is 3.60. The average Bonchev–Trinajstić information content (AvgIpc) is 2.57. The lowest BCUT2D eigenvalue weighted by Gasteiger charge is -2.05. The Labute approximate surface area is 136 Å². The number of benzene rings is 1. The van der Waals surface area contributed by atoms with Crippen LogP contribution in [0.1, 0.15) is 24.1 Å². The normalized spacial score (nSPS) is 10.7. The summed E-state index contributed by atoms with van der Waals surface area (Å²) in [6.45, 7) is 0.798. The maximum Gasteiger partial charge on any atom is 0.497 e. The standard InChI is InChI=1S/C18H20N4O/c1-21-14-11-17(22(2)18(21)23)10-7-15-5-8-16(9-6-15)20-13-4-3-12-19/h5-11,14H,3-4,13H2,1-2H3/p+1. The van der Waals surface area contributed by atoms with Crippen molar-refractivity contribution in [3.05, 3.63) is 58.3 Å². The lowest BCUT2D eigenvalue weighted by atomic mass is 10.1. The highest BCUT2D eigenvalue weighted by Gasteiger charge is 2.06. The number of hydrogen-bond acceptors (Lipinski definition) is 3.